The molecule has 0 aliphatic heterocycles. The van der Waals surface area contributed by atoms with Crippen LogP contribution in [0.5, 0.6) is 0 Å². The van der Waals surface area contributed by atoms with E-state index in [0.29, 0.717) is 6.10 Å². The Bertz CT molecular complexity index is 193. The number of hydrogen-bond acceptors (Lipinski definition) is 2. The average molecular weight is 289 g/mol. The molecule has 0 aromatic heterocycles. The zero-order chi connectivity index (χ0) is 14.6. The van der Waals surface area contributed by atoms with Crippen LogP contribution >= 0.6 is 0 Å². The summed E-state index contributed by atoms with van der Waals surface area (Å²) in [6.45, 7) is 12.1. The van der Waals surface area contributed by atoms with Gasteiger partial charge in [0.2, 0.25) is 0 Å². The van der Waals surface area contributed by atoms with E-state index < -0.39 is 8.56 Å². The van der Waals surface area contributed by atoms with Crippen molar-refractivity contribution in [3.8, 4) is 0 Å². The summed E-state index contributed by atoms with van der Waals surface area (Å²) in [5, 5.41) is 0. The summed E-state index contributed by atoms with van der Waals surface area (Å²) >= 11 is 0. The number of hydrogen-bond donors (Lipinski definition) is 0. The van der Waals surface area contributed by atoms with Gasteiger partial charge in [0.1, 0.15) is 0 Å². The van der Waals surface area contributed by atoms with Crippen molar-refractivity contribution in [3.63, 3.8) is 0 Å². The van der Waals surface area contributed by atoms with E-state index in [0.717, 1.165) is 25.1 Å². The molecule has 116 valence electrons. The van der Waals surface area contributed by atoms with Crippen LogP contribution in [0.15, 0.2) is 0 Å². The van der Waals surface area contributed by atoms with Crippen LogP contribution in [-0.2, 0) is 8.85 Å². The lowest BCUT2D eigenvalue weighted by Gasteiger charge is -2.33. The molecule has 0 aliphatic carbocycles. The van der Waals surface area contributed by atoms with Crippen LogP contribution in [0.2, 0.25) is 12.1 Å². The fourth-order valence-corrected chi connectivity index (χ4v) is 5.13. The zero-order valence-electron chi connectivity index (χ0n) is 14.0. The van der Waals surface area contributed by atoms with Gasteiger partial charge in [0.25, 0.3) is 0 Å². The predicted octanol–water partition coefficient (Wildman–Crippen LogP) is 5.66. The summed E-state index contributed by atoms with van der Waals surface area (Å²) in [5.41, 5.74) is 0. The van der Waals surface area contributed by atoms with Gasteiger partial charge < -0.3 is 8.85 Å². The van der Waals surface area contributed by atoms with Gasteiger partial charge in [-0.05, 0) is 31.4 Å². The Kier molecular flexibility index (Phi) is 12.0. The van der Waals surface area contributed by atoms with E-state index in [9.17, 15) is 0 Å². The van der Waals surface area contributed by atoms with E-state index in [-0.39, 0.29) is 0 Å². The average Bonchev–Trinajstić information content (AvgIpc) is 2.45. The molecule has 0 fully saturated rings. The van der Waals surface area contributed by atoms with E-state index in [1.807, 2.05) is 0 Å². The maximum absolute atomic E-state index is 6.45. The van der Waals surface area contributed by atoms with Crippen molar-refractivity contribution in [1.82, 2.24) is 0 Å². The third-order valence-electron chi connectivity index (χ3n) is 3.89. The molecule has 0 amide bonds. The summed E-state index contributed by atoms with van der Waals surface area (Å²) in [5.74, 6) is 0. The van der Waals surface area contributed by atoms with E-state index in [4.69, 9.17) is 8.85 Å². The molecule has 1 unspecified atom stereocenters. The molecule has 0 aromatic rings. The van der Waals surface area contributed by atoms with Crippen LogP contribution in [-0.4, -0.2) is 21.3 Å². The first-order valence-corrected chi connectivity index (χ1v) is 10.7. The molecule has 1 atom stereocenters. The molecule has 0 radical (unpaired) electrons. The van der Waals surface area contributed by atoms with Gasteiger partial charge >= 0.3 is 8.56 Å². The molecule has 0 heterocycles. The zero-order valence-corrected chi connectivity index (χ0v) is 15.0. The SMILES string of the molecule is CCCCCCO[Si](CC)(CC)OC(CC)CCC. The van der Waals surface area contributed by atoms with Gasteiger partial charge in [0, 0.05) is 12.7 Å². The van der Waals surface area contributed by atoms with Gasteiger partial charge in [-0.2, -0.15) is 0 Å². The lowest BCUT2D eigenvalue weighted by Crippen LogP contribution is -2.44. The van der Waals surface area contributed by atoms with Gasteiger partial charge in [0.15, 0.2) is 0 Å². The molecule has 0 N–H and O–H groups in total. The second-order valence-electron chi connectivity index (χ2n) is 5.46. The number of unbranched alkanes of at least 4 members (excludes halogenated alkanes) is 3. The van der Waals surface area contributed by atoms with Crippen molar-refractivity contribution in [3.05, 3.63) is 0 Å². The normalized spacial score (nSPS) is 13.7. The maximum Gasteiger partial charge on any atom is 0.337 e. The smallest absolute Gasteiger partial charge is 0.337 e. The van der Waals surface area contributed by atoms with Crippen molar-refractivity contribution in [2.75, 3.05) is 6.61 Å². The van der Waals surface area contributed by atoms with Gasteiger partial charge in [0.05, 0.1) is 0 Å². The fraction of sp³-hybridized carbons (Fsp3) is 1.00. The first-order valence-electron chi connectivity index (χ1n) is 8.49. The van der Waals surface area contributed by atoms with E-state index >= 15 is 0 Å². The highest BCUT2D eigenvalue weighted by atomic mass is 28.4. The summed E-state index contributed by atoms with van der Waals surface area (Å²) in [6, 6.07) is 2.16. The summed E-state index contributed by atoms with van der Waals surface area (Å²) in [7, 11) is -1.92. The van der Waals surface area contributed by atoms with Crippen molar-refractivity contribution in [2.24, 2.45) is 0 Å². The molecular weight excluding hydrogens is 252 g/mol. The first kappa shape index (κ1) is 19.1. The third-order valence-corrected chi connectivity index (χ3v) is 7.54. The van der Waals surface area contributed by atoms with Gasteiger partial charge in [-0.3, -0.25) is 0 Å². The Morgan fingerprint density at radius 2 is 1.53 bits per heavy atom. The van der Waals surface area contributed by atoms with Crippen molar-refractivity contribution in [1.29, 1.82) is 0 Å². The fourth-order valence-electron chi connectivity index (χ4n) is 2.41. The monoisotopic (exact) mass is 288 g/mol. The predicted molar refractivity (Wildman–Crippen MR) is 86.9 cm³/mol. The molecule has 2 nitrogen and oxygen atoms in total. The van der Waals surface area contributed by atoms with Crippen molar-refractivity contribution in [2.45, 2.75) is 97.8 Å². The minimum Gasteiger partial charge on any atom is -0.394 e. The molecule has 0 spiro atoms. The molecule has 19 heavy (non-hydrogen) atoms. The van der Waals surface area contributed by atoms with Crippen LogP contribution in [0.1, 0.15) is 79.6 Å². The summed E-state index contributed by atoms with van der Waals surface area (Å²) < 4.78 is 12.7. The van der Waals surface area contributed by atoms with Crippen LogP contribution < -0.4 is 0 Å². The largest absolute Gasteiger partial charge is 0.394 e. The molecule has 0 bridgehead atoms. The molecule has 0 aromatic carbocycles. The lowest BCUT2D eigenvalue weighted by atomic mass is 10.2. The molecule has 0 saturated carbocycles. The quantitative estimate of drug-likeness (QED) is 0.321. The molecule has 3 heteroatoms. The second-order valence-corrected chi connectivity index (χ2v) is 9.22. The third kappa shape index (κ3) is 8.11. The van der Waals surface area contributed by atoms with Crippen LogP contribution in [0.25, 0.3) is 0 Å². The number of rotatable bonds is 13. The van der Waals surface area contributed by atoms with Gasteiger partial charge in [-0.1, -0.05) is 60.3 Å². The highest BCUT2D eigenvalue weighted by Crippen LogP contribution is 2.24. The van der Waals surface area contributed by atoms with Gasteiger partial charge in [-0.15, -0.1) is 0 Å². The van der Waals surface area contributed by atoms with E-state index in [1.54, 1.807) is 0 Å². The molecule has 0 rings (SSSR count). The van der Waals surface area contributed by atoms with E-state index in [2.05, 4.69) is 34.6 Å². The standard InChI is InChI=1S/C16H36O2Si/c1-6-11-12-13-15-17-19(9-4,10-5)18-16(8-3)14-7-2/h16H,6-15H2,1-5H3. The molecule has 0 saturated heterocycles. The maximum atomic E-state index is 6.45. The second kappa shape index (κ2) is 11.9. The minimum absolute atomic E-state index is 0.409. The Morgan fingerprint density at radius 1 is 0.842 bits per heavy atom. The van der Waals surface area contributed by atoms with Crippen LogP contribution in [0.4, 0.5) is 0 Å². The van der Waals surface area contributed by atoms with Crippen molar-refractivity contribution < 1.29 is 8.85 Å². The highest BCUT2D eigenvalue weighted by molar-refractivity contribution is 6.67. The van der Waals surface area contributed by atoms with Crippen LogP contribution in [0, 0.1) is 0 Å². The highest BCUT2D eigenvalue weighted by Gasteiger charge is 2.35. The lowest BCUT2D eigenvalue weighted by molar-refractivity contribution is 0.102. The summed E-state index contributed by atoms with van der Waals surface area (Å²) in [4.78, 5) is 0. The Labute approximate surface area is 122 Å². The summed E-state index contributed by atoms with van der Waals surface area (Å²) in [6.07, 6.45) is 8.99. The van der Waals surface area contributed by atoms with Crippen LogP contribution in [0.3, 0.4) is 0 Å². The molecular formula is C16H36O2Si. The first-order chi connectivity index (χ1) is 9.17. The molecule has 0 aliphatic rings. The van der Waals surface area contributed by atoms with E-state index in [1.165, 1.54) is 38.5 Å². The van der Waals surface area contributed by atoms with Crippen molar-refractivity contribution >= 4 is 8.56 Å². The Morgan fingerprint density at radius 3 is 2.00 bits per heavy atom. The Balaban J connectivity index is 4.23. The topological polar surface area (TPSA) is 18.5 Å². The van der Waals surface area contributed by atoms with Gasteiger partial charge in [-0.25, -0.2) is 0 Å². The Hall–Kier alpha value is 0.137. The minimum atomic E-state index is -1.92.